The van der Waals surface area contributed by atoms with Crippen LogP contribution in [0.2, 0.25) is 0 Å². The number of urea groups is 1. The molecule has 3 amide bonds. The lowest BCUT2D eigenvalue weighted by Gasteiger charge is -2.35. The minimum atomic E-state index is -0.421. The molecule has 2 heterocycles. The number of nitrogens with zero attached hydrogens (tertiary/aromatic N) is 2. The second kappa shape index (κ2) is 9.53. The number of hydrogen-bond donors (Lipinski definition) is 2. The fraction of sp³-hybridized carbons (Fsp3) is 0.400. The van der Waals surface area contributed by atoms with E-state index >= 15 is 0 Å². The quantitative estimate of drug-likeness (QED) is 0.799. The molecule has 0 aliphatic carbocycles. The molecule has 1 aromatic carbocycles. The van der Waals surface area contributed by atoms with Gasteiger partial charge in [0.15, 0.2) is 0 Å². The number of hydrogen-bond acceptors (Lipinski definition) is 5. The summed E-state index contributed by atoms with van der Waals surface area (Å²) in [4.78, 5) is 29.5. The smallest absolute Gasteiger partial charge is 0.321 e. The number of rotatable bonds is 6. The Bertz CT molecular complexity index is 755. The van der Waals surface area contributed by atoms with E-state index < -0.39 is 6.03 Å². The molecular weight excluding hydrogens is 360 g/mol. The molecule has 1 saturated heterocycles. The zero-order valence-electron chi connectivity index (χ0n) is 15.6. The lowest BCUT2D eigenvalue weighted by molar-refractivity contribution is -0.121. The first-order chi connectivity index (χ1) is 13.1. The van der Waals surface area contributed by atoms with Crippen molar-refractivity contribution in [1.29, 1.82) is 0 Å². The maximum Gasteiger partial charge on any atom is 0.321 e. The van der Waals surface area contributed by atoms with Gasteiger partial charge >= 0.3 is 6.03 Å². The lowest BCUT2D eigenvalue weighted by Crippen LogP contribution is -2.51. The second-order valence-electron chi connectivity index (χ2n) is 6.74. The fourth-order valence-corrected chi connectivity index (χ4v) is 3.87. The van der Waals surface area contributed by atoms with Crippen LogP contribution in [0.15, 0.2) is 41.8 Å². The highest BCUT2D eigenvalue weighted by atomic mass is 32.1. The Kier molecular flexibility index (Phi) is 6.84. The molecule has 1 aliphatic rings. The third-order valence-corrected chi connectivity index (χ3v) is 5.53. The fourth-order valence-electron chi connectivity index (χ4n) is 3.16. The summed E-state index contributed by atoms with van der Waals surface area (Å²) in [5.41, 5.74) is 2.48. The van der Waals surface area contributed by atoms with Gasteiger partial charge in [-0.1, -0.05) is 18.2 Å². The summed E-state index contributed by atoms with van der Waals surface area (Å²) in [6.45, 7) is 6.24. The molecule has 0 bridgehead atoms. The normalized spacial score (nSPS) is 14.8. The van der Waals surface area contributed by atoms with Gasteiger partial charge in [-0.05, 0) is 42.5 Å². The zero-order valence-corrected chi connectivity index (χ0v) is 16.4. The predicted octanol–water partition coefficient (Wildman–Crippen LogP) is 2.25. The number of imide groups is 1. The van der Waals surface area contributed by atoms with Crippen LogP contribution in [-0.2, 0) is 11.2 Å². The summed E-state index contributed by atoms with van der Waals surface area (Å²) in [7, 11) is 0. The summed E-state index contributed by atoms with van der Waals surface area (Å²) in [5.74, 6) is -0.257. The zero-order chi connectivity index (χ0) is 19.1. The maximum atomic E-state index is 12.1. The lowest BCUT2D eigenvalue weighted by atomic mass is 10.2. The molecule has 27 heavy (non-hydrogen) atoms. The van der Waals surface area contributed by atoms with E-state index in [4.69, 9.17) is 0 Å². The number of anilines is 1. The van der Waals surface area contributed by atoms with Crippen LogP contribution in [0.25, 0.3) is 0 Å². The molecule has 144 valence electrons. The van der Waals surface area contributed by atoms with Crippen molar-refractivity contribution in [2.75, 3.05) is 44.2 Å². The third-order valence-electron chi connectivity index (χ3n) is 4.60. The molecule has 1 fully saturated rings. The van der Waals surface area contributed by atoms with Crippen LogP contribution in [0.3, 0.4) is 0 Å². The first-order valence-electron chi connectivity index (χ1n) is 9.24. The number of carbonyl (C=O) groups is 2. The number of carbonyl (C=O) groups excluding carboxylic acids is 2. The van der Waals surface area contributed by atoms with Crippen molar-refractivity contribution >= 4 is 29.0 Å². The van der Waals surface area contributed by atoms with E-state index in [0.717, 1.165) is 32.6 Å². The monoisotopic (exact) mass is 386 g/mol. The van der Waals surface area contributed by atoms with Crippen molar-refractivity contribution in [3.63, 3.8) is 0 Å². The van der Waals surface area contributed by atoms with Crippen LogP contribution in [-0.4, -0.2) is 56.1 Å². The van der Waals surface area contributed by atoms with E-state index in [1.807, 2.05) is 17.5 Å². The van der Waals surface area contributed by atoms with Gasteiger partial charge in [0.05, 0.1) is 6.54 Å². The SMILES string of the molecule is Cc1cccc(N2CCN(CC(=O)NC(=O)NCCc3cccs3)CC2)c1. The minimum absolute atomic E-state index is 0.250. The first-order valence-corrected chi connectivity index (χ1v) is 10.1. The summed E-state index contributed by atoms with van der Waals surface area (Å²) in [6.07, 6.45) is 0.778. The average Bonchev–Trinajstić information content (AvgIpc) is 3.15. The molecule has 1 aliphatic heterocycles. The average molecular weight is 387 g/mol. The number of piperazine rings is 1. The Morgan fingerprint density at radius 2 is 1.93 bits per heavy atom. The molecule has 7 heteroatoms. The molecule has 0 atom stereocenters. The standard InChI is InChI=1S/C20H26N4O2S/c1-16-4-2-5-17(14-16)24-11-9-23(10-12-24)15-19(25)22-20(26)21-8-7-18-6-3-13-27-18/h2-6,13-14H,7-12,15H2,1H3,(H2,21,22,25,26). The highest BCUT2D eigenvalue weighted by molar-refractivity contribution is 7.09. The van der Waals surface area contributed by atoms with E-state index in [0.29, 0.717) is 6.54 Å². The van der Waals surface area contributed by atoms with Gasteiger partial charge in [-0.3, -0.25) is 15.0 Å². The molecule has 0 unspecified atom stereocenters. The largest absolute Gasteiger partial charge is 0.369 e. The topological polar surface area (TPSA) is 64.7 Å². The molecule has 6 nitrogen and oxygen atoms in total. The van der Waals surface area contributed by atoms with Gasteiger partial charge in [-0.2, -0.15) is 0 Å². The number of benzene rings is 1. The Morgan fingerprint density at radius 3 is 2.63 bits per heavy atom. The molecule has 2 aromatic rings. The molecule has 2 N–H and O–H groups in total. The van der Waals surface area contributed by atoms with E-state index in [2.05, 4.69) is 51.6 Å². The summed E-state index contributed by atoms with van der Waals surface area (Å²) < 4.78 is 0. The maximum absolute atomic E-state index is 12.1. The van der Waals surface area contributed by atoms with E-state index in [-0.39, 0.29) is 12.5 Å². The molecule has 0 spiro atoms. The number of nitrogens with one attached hydrogen (secondary N) is 2. The number of aryl methyl sites for hydroxylation is 1. The Labute approximate surface area is 164 Å². The van der Waals surface area contributed by atoms with Crippen molar-refractivity contribution in [2.45, 2.75) is 13.3 Å². The summed E-state index contributed by atoms with van der Waals surface area (Å²) in [5, 5.41) is 7.16. The summed E-state index contributed by atoms with van der Waals surface area (Å²) in [6, 6.07) is 12.1. The van der Waals surface area contributed by atoms with Crippen LogP contribution in [0.1, 0.15) is 10.4 Å². The van der Waals surface area contributed by atoms with Crippen molar-refractivity contribution in [3.8, 4) is 0 Å². The molecule has 0 radical (unpaired) electrons. The van der Waals surface area contributed by atoms with Gasteiger partial charge in [0.1, 0.15) is 0 Å². The molecule has 1 aromatic heterocycles. The third kappa shape index (κ3) is 6.08. The molecule has 3 rings (SSSR count). The molecular formula is C20H26N4O2S. The Hall–Kier alpha value is -2.38. The van der Waals surface area contributed by atoms with Gasteiger partial charge < -0.3 is 10.2 Å². The van der Waals surface area contributed by atoms with Gasteiger partial charge in [0.2, 0.25) is 5.91 Å². The van der Waals surface area contributed by atoms with Crippen LogP contribution >= 0.6 is 11.3 Å². The van der Waals surface area contributed by atoms with Crippen LogP contribution in [0.5, 0.6) is 0 Å². The minimum Gasteiger partial charge on any atom is -0.369 e. The summed E-state index contributed by atoms with van der Waals surface area (Å²) >= 11 is 1.66. The first kappa shape index (κ1) is 19.4. The molecule has 0 saturated carbocycles. The number of amides is 3. The van der Waals surface area contributed by atoms with Crippen molar-refractivity contribution in [3.05, 3.63) is 52.2 Å². The Balaban J connectivity index is 1.34. The highest BCUT2D eigenvalue weighted by Crippen LogP contribution is 2.17. The van der Waals surface area contributed by atoms with Gasteiger partial charge in [0.25, 0.3) is 0 Å². The van der Waals surface area contributed by atoms with Crippen molar-refractivity contribution in [1.82, 2.24) is 15.5 Å². The van der Waals surface area contributed by atoms with Crippen LogP contribution in [0.4, 0.5) is 10.5 Å². The highest BCUT2D eigenvalue weighted by Gasteiger charge is 2.20. The van der Waals surface area contributed by atoms with Crippen LogP contribution < -0.4 is 15.5 Å². The second-order valence-corrected chi connectivity index (χ2v) is 7.77. The predicted molar refractivity (Wildman–Crippen MR) is 109 cm³/mol. The van der Waals surface area contributed by atoms with Gasteiger partial charge in [0, 0.05) is 43.3 Å². The van der Waals surface area contributed by atoms with E-state index in [1.54, 1.807) is 11.3 Å². The van der Waals surface area contributed by atoms with Crippen LogP contribution in [0, 0.1) is 6.92 Å². The van der Waals surface area contributed by atoms with Gasteiger partial charge in [-0.25, -0.2) is 4.79 Å². The van der Waals surface area contributed by atoms with E-state index in [1.165, 1.54) is 16.1 Å². The Morgan fingerprint density at radius 1 is 1.11 bits per heavy atom. The van der Waals surface area contributed by atoms with Crippen molar-refractivity contribution < 1.29 is 9.59 Å². The van der Waals surface area contributed by atoms with Crippen molar-refractivity contribution in [2.24, 2.45) is 0 Å². The number of thiophene rings is 1. The van der Waals surface area contributed by atoms with E-state index in [9.17, 15) is 9.59 Å². The van der Waals surface area contributed by atoms with Gasteiger partial charge in [-0.15, -0.1) is 11.3 Å².